The predicted molar refractivity (Wildman–Crippen MR) is 108 cm³/mol. The highest BCUT2D eigenvalue weighted by molar-refractivity contribution is 7.54. The molecule has 0 bridgehead atoms. The molecule has 28 heavy (non-hydrogen) atoms. The van der Waals surface area contributed by atoms with Gasteiger partial charge in [0.15, 0.2) is 5.78 Å². The van der Waals surface area contributed by atoms with Crippen molar-refractivity contribution >= 4 is 25.4 Å². The first-order valence-corrected chi connectivity index (χ1v) is 10.9. The van der Waals surface area contributed by atoms with E-state index in [1.165, 1.54) is 24.3 Å². The number of aromatic amines is 1. The first kappa shape index (κ1) is 20.5. The van der Waals surface area contributed by atoms with Gasteiger partial charge >= 0.3 is 7.60 Å². The number of fused-ring (bicyclic) bond motifs is 1. The largest absolute Gasteiger partial charge is 0.368 e. The van der Waals surface area contributed by atoms with Gasteiger partial charge in [-0.05, 0) is 62.2 Å². The Morgan fingerprint density at radius 1 is 1.14 bits per heavy atom. The molecule has 6 nitrogen and oxygen atoms in total. The van der Waals surface area contributed by atoms with Crippen LogP contribution in [0.1, 0.15) is 38.0 Å². The second-order valence-electron chi connectivity index (χ2n) is 6.34. The number of halogens is 1. The maximum absolute atomic E-state index is 13.6. The Morgan fingerprint density at radius 2 is 1.79 bits per heavy atom. The smallest absolute Gasteiger partial charge is 0.357 e. The monoisotopic (exact) mass is 406 g/mol. The van der Waals surface area contributed by atoms with Gasteiger partial charge in [0.2, 0.25) is 0 Å². The molecule has 0 saturated heterocycles. The van der Waals surface area contributed by atoms with Crippen molar-refractivity contribution in [2.24, 2.45) is 0 Å². The third kappa shape index (κ3) is 4.43. The van der Waals surface area contributed by atoms with Crippen LogP contribution < -0.4 is 21.4 Å². The number of aromatic nitrogens is 1. The Hall–Kier alpha value is -2.21. The molecular formula is C20H24FN2O4P. The van der Waals surface area contributed by atoms with Crippen molar-refractivity contribution < 1.29 is 18.0 Å². The van der Waals surface area contributed by atoms with E-state index in [0.717, 1.165) is 23.4 Å². The minimum atomic E-state index is -3.74. The fraction of sp³-hybridized carbons (Fsp3) is 0.350. The quantitative estimate of drug-likeness (QED) is 0.658. The van der Waals surface area contributed by atoms with Crippen molar-refractivity contribution in [3.8, 4) is 0 Å². The first-order chi connectivity index (χ1) is 13.5. The van der Waals surface area contributed by atoms with Crippen LogP contribution in [0.5, 0.6) is 0 Å². The molecule has 0 amide bonds. The Kier molecular flexibility index (Phi) is 6.50. The zero-order valence-corrected chi connectivity index (χ0v) is 16.8. The molecule has 3 rings (SSSR count). The number of anilines is 1. The van der Waals surface area contributed by atoms with Crippen molar-refractivity contribution in [1.82, 2.24) is 4.98 Å². The van der Waals surface area contributed by atoms with E-state index in [-0.39, 0.29) is 24.3 Å². The lowest BCUT2D eigenvalue weighted by Crippen LogP contribution is -2.39. The molecule has 0 aliphatic heterocycles. The van der Waals surface area contributed by atoms with E-state index in [0.29, 0.717) is 5.69 Å². The SMILES string of the molecule is CCOP(=O)(OCC)C(Nc1ccc(F)cc1)c1cc2c([nH]c1=O)=CCCC=2. The van der Waals surface area contributed by atoms with Crippen LogP contribution in [0.15, 0.2) is 35.1 Å². The van der Waals surface area contributed by atoms with E-state index >= 15 is 0 Å². The van der Waals surface area contributed by atoms with Gasteiger partial charge in [-0.2, -0.15) is 0 Å². The molecule has 1 unspecified atom stereocenters. The van der Waals surface area contributed by atoms with Crippen LogP contribution in [0.3, 0.4) is 0 Å². The predicted octanol–water partition coefficient (Wildman–Crippen LogP) is 3.25. The number of benzene rings is 1. The van der Waals surface area contributed by atoms with Crippen LogP contribution >= 0.6 is 7.60 Å². The summed E-state index contributed by atoms with van der Waals surface area (Å²) in [6, 6.07) is 7.31. The van der Waals surface area contributed by atoms with Crippen LogP contribution in [0.25, 0.3) is 12.2 Å². The second-order valence-corrected chi connectivity index (χ2v) is 8.45. The number of pyridine rings is 1. The van der Waals surface area contributed by atoms with E-state index in [9.17, 15) is 13.8 Å². The molecule has 0 fully saturated rings. The Morgan fingerprint density at radius 3 is 2.43 bits per heavy atom. The highest BCUT2D eigenvalue weighted by Crippen LogP contribution is 2.60. The van der Waals surface area contributed by atoms with Gasteiger partial charge in [0.25, 0.3) is 5.56 Å². The summed E-state index contributed by atoms with van der Waals surface area (Å²) >= 11 is 0. The summed E-state index contributed by atoms with van der Waals surface area (Å²) in [5.41, 5.74) is 0.378. The fourth-order valence-corrected chi connectivity index (χ4v) is 5.09. The number of nitrogens with one attached hydrogen (secondary N) is 2. The minimum absolute atomic E-state index is 0.154. The van der Waals surface area contributed by atoms with E-state index < -0.39 is 19.2 Å². The number of hydrogen-bond acceptors (Lipinski definition) is 5. The molecular weight excluding hydrogens is 382 g/mol. The van der Waals surface area contributed by atoms with E-state index in [1.807, 2.05) is 12.2 Å². The van der Waals surface area contributed by atoms with E-state index in [2.05, 4.69) is 10.3 Å². The molecule has 1 aliphatic carbocycles. The van der Waals surface area contributed by atoms with Crippen LogP contribution in [0.2, 0.25) is 0 Å². The van der Waals surface area contributed by atoms with Gasteiger partial charge in [-0.25, -0.2) is 4.39 Å². The van der Waals surface area contributed by atoms with Gasteiger partial charge in [-0.1, -0.05) is 12.2 Å². The highest BCUT2D eigenvalue weighted by atomic mass is 31.2. The molecule has 0 saturated carbocycles. The van der Waals surface area contributed by atoms with E-state index in [1.54, 1.807) is 19.9 Å². The molecule has 0 spiro atoms. The second kappa shape index (κ2) is 8.86. The summed E-state index contributed by atoms with van der Waals surface area (Å²) in [6.45, 7) is 3.73. The molecule has 1 aromatic heterocycles. The van der Waals surface area contributed by atoms with Gasteiger partial charge in [0.05, 0.1) is 18.8 Å². The average molecular weight is 406 g/mol. The maximum atomic E-state index is 13.6. The summed E-state index contributed by atoms with van der Waals surface area (Å²) < 4.78 is 37.8. The molecule has 0 radical (unpaired) electrons. The summed E-state index contributed by atoms with van der Waals surface area (Å²) in [4.78, 5) is 15.7. The fourth-order valence-electron chi connectivity index (χ4n) is 3.16. The van der Waals surface area contributed by atoms with Crippen molar-refractivity contribution in [2.75, 3.05) is 18.5 Å². The average Bonchev–Trinajstić information content (AvgIpc) is 2.67. The van der Waals surface area contributed by atoms with Gasteiger partial charge in [-0.15, -0.1) is 0 Å². The normalized spacial score (nSPS) is 14.5. The topological polar surface area (TPSA) is 80.4 Å². The van der Waals surface area contributed by atoms with Crippen LogP contribution in [0.4, 0.5) is 10.1 Å². The number of H-pyrrole nitrogens is 1. The summed E-state index contributed by atoms with van der Waals surface area (Å²) in [5.74, 6) is -1.43. The lowest BCUT2D eigenvalue weighted by Gasteiger charge is -2.27. The summed E-state index contributed by atoms with van der Waals surface area (Å²) in [7, 11) is -3.74. The standard InChI is InChI=1S/C20H24FN2O4P/c1-3-26-28(25,27-4-2)20(22-16-11-9-15(21)10-12-16)17-13-14-7-5-6-8-18(14)23-19(17)24/h7-13,20,22H,3-6H2,1-2H3,(H,23,24). The molecule has 1 aliphatic rings. The Balaban J connectivity index is 2.14. The lowest BCUT2D eigenvalue weighted by atomic mass is 10.1. The van der Waals surface area contributed by atoms with Crippen molar-refractivity contribution in [2.45, 2.75) is 32.5 Å². The van der Waals surface area contributed by atoms with E-state index in [4.69, 9.17) is 9.05 Å². The Bertz CT molecular complexity index is 1040. The van der Waals surface area contributed by atoms with Crippen LogP contribution in [-0.2, 0) is 13.6 Å². The minimum Gasteiger partial charge on any atom is -0.368 e. The zero-order chi connectivity index (χ0) is 20.1. The third-order valence-corrected chi connectivity index (χ3v) is 6.66. The van der Waals surface area contributed by atoms with Gasteiger partial charge in [-0.3, -0.25) is 9.36 Å². The third-order valence-electron chi connectivity index (χ3n) is 4.39. The molecule has 1 atom stereocenters. The molecule has 8 heteroatoms. The summed E-state index contributed by atoms with van der Waals surface area (Å²) in [5, 5.41) is 4.68. The van der Waals surface area contributed by atoms with Gasteiger partial charge in [0, 0.05) is 11.0 Å². The highest BCUT2D eigenvalue weighted by Gasteiger charge is 2.38. The molecule has 1 heterocycles. The lowest BCUT2D eigenvalue weighted by molar-refractivity contribution is 0.214. The Labute approximate surface area is 162 Å². The first-order valence-electron chi connectivity index (χ1n) is 9.31. The van der Waals surface area contributed by atoms with Crippen molar-refractivity contribution in [3.05, 3.63) is 62.6 Å². The van der Waals surface area contributed by atoms with Crippen molar-refractivity contribution in [1.29, 1.82) is 0 Å². The van der Waals surface area contributed by atoms with Gasteiger partial charge in [0.1, 0.15) is 5.82 Å². The number of hydrogen-bond donors (Lipinski definition) is 2. The molecule has 2 N–H and O–H groups in total. The molecule has 150 valence electrons. The number of rotatable bonds is 8. The maximum Gasteiger partial charge on any atom is 0.357 e. The molecule has 2 aromatic rings. The van der Waals surface area contributed by atoms with Crippen molar-refractivity contribution in [3.63, 3.8) is 0 Å². The molecule has 1 aromatic carbocycles. The van der Waals surface area contributed by atoms with Gasteiger partial charge < -0.3 is 19.3 Å². The van der Waals surface area contributed by atoms with Crippen LogP contribution in [0, 0.1) is 5.82 Å². The van der Waals surface area contributed by atoms with Crippen LogP contribution in [-0.4, -0.2) is 18.2 Å². The zero-order valence-electron chi connectivity index (χ0n) is 15.9. The summed E-state index contributed by atoms with van der Waals surface area (Å²) in [6.07, 6.45) is 5.71.